The number of benzene rings is 2. The lowest BCUT2D eigenvalue weighted by molar-refractivity contribution is 0.234. The molecule has 2 rings (SSSR count). The first-order valence-electron chi connectivity index (χ1n) is 8.33. The van der Waals surface area contributed by atoms with Crippen LogP contribution in [0.4, 0.5) is 5.69 Å². The molecule has 2 aromatic carbocycles. The third-order valence-electron chi connectivity index (χ3n) is 3.47. The van der Waals surface area contributed by atoms with Crippen LogP contribution in [0.15, 0.2) is 48.5 Å². The van der Waals surface area contributed by atoms with E-state index in [4.69, 9.17) is 9.47 Å². The van der Waals surface area contributed by atoms with Gasteiger partial charge in [0, 0.05) is 11.8 Å². The van der Waals surface area contributed by atoms with Crippen molar-refractivity contribution in [3.8, 4) is 11.5 Å². The second kappa shape index (κ2) is 8.47. The van der Waals surface area contributed by atoms with Crippen LogP contribution in [-0.2, 0) is 6.42 Å². The Labute approximate surface area is 139 Å². The summed E-state index contributed by atoms with van der Waals surface area (Å²) in [5.41, 5.74) is 2.37. The fraction of sp³-hybridized carbons (Fsp3) is 0.400. The second-order valence-electron chi connectivity index (χ2n) is 6.00. The minimum atomic E-state index is 0.0807. The van der Waals surface area contributed by atoms with Gasteiger partial charge >= 0.3 is 0 Å². The van der Waals surface area contributed by atoms with Gasteiger partial charge in [-0.2, -0.15) is 0 Å². The molecule has 1 unspecified atom stereocenters. The minimum Gasteiger partial charge on any atom is -0.491 e. The van der Waals surface area contributed by atoms with Gasteiger partial charge in [0.25, 0.3) is 0 Å². The van der Waals surface area contributed by atoms with Crippen LogP contribution in [0.5, 0.6) is 11.5 Å². The maximum absolute atomic E-state index is 5.94. The maximum atomic E-state index is 5.94. The summed E-state index contributed by atoms with van der Waals surface area (Å²) >= 11 is 0. The van der Waals surface area contributed by atoms with E-state index in [1.165, 1.54) is 5.56 Å². The third kappa shape index (κ3) is 5.85. The zero-order valence-corrected chi connectivity index (χ0v) is 14.5. The summed E-state index contributed by atoms with van der Waals surface area (Å²) in [5.74, 6) is 1.79. The Kier molecular flexibility index (Phi) is 6.33. The highest BCUT2D eigenvalue weighted by Gasteiger charge is 2.05. The van der Waals surface area contributed by atoms with Crippen molar-refractivity contribution in [2.24, 2.45) is 0 Å². The number of nitrogens with one attached hydrogen (secondary N) is 1. The zero-order valence-electron chi connectivity index (χ0n) is 14.5. The van der Waals surface area contributed by atoms with Gasteiger partial charge in [0.15, 0.2) is 0 Å². The standard InChI is InChI=1S/C20H27NO2/c1-5-17-9-11-19(12-10-17)23-16(4)14-21-18-7-6-8-20(13-18)22-15(2)3/h6-13,15-16,21H,5,14H2,1-4H3. The second-order valence-corrected chi connectivity index (χ2v) is 6.00. The predicted octanol–water partition coefficient (Wildman–Crippen LogP) is 4.92. The van der Waals surface area contributed by atoms with Crippen LogP contribution < -0.4 is 14.8 Å². The zero-order chi connectivity index (χ0) is 16.7. The predicted molar refractivity (Wildman–Crippen MR) is 96.6 cm³/mol. The number of hydrogen-bond acceptors (Lipinski definition) is 3. The van der Waals surface area contributed by atoms with Crippen molar-refractivity contribution in [2.45, 2.75) is 46.3 Å². The molecule has 3 heteroatoms. The van der Waals surface area contributed by atoms with E-state index in [9.17, 15) is 0 Å². The van der Waals surface area contributed by atoms with Crippen LogP contribution >= 0.6 is 0 Å². The van der Waals surface area contributed by atoms with E-state index in [0.717, 1.165) is 30.2 Å². The molecule has 0 saturated heterocycles. The van der Waals surface area contributed by atoms with Crippen molar-refractivity contribution in [1.29, 1.82) is 0 Å². The SMILES string of the molecule is CCc1ccc(OC(C)CNc2cccc(OC(C)C)c2)cc1. The largest absolute Gasteiger partial charge is 0.491 e. The Morgan fingerprint density at radius 1 is 0.913 bits per heavy atom. The van der Waals surface area contributed by atoms with Gasteiger partial charge in [-0.3, -0.25) is 0 Å². The highest BCUT2D eigenvalue weighted by molar-refractivity contribution is 5.48. The van der Waals surface area contributed by atoms with Crippen molar-refractivity contribution in [1.82, 2.24) is 0 Å². The molecule has 0 aromatic heterocycles. The average Bonchev–Trinajstić information content (AvgIpc) is 2.53. The normalized spacial score (nSPS) is 12.0. The van der Waals surface area contributed by atoms with Gasteiger partial charge in [0.05, 0.1) is 12.6 Å². The van der Waals surface area contributed by atoms with Crippen molar-refractivity contribution < 1.29 is 9.47 Å². The van der Waals surface area contributed by atoms with E-state index < -0.39 is 0 Å². The lowest BCUT2D eigenvalue weighted by Gasteiger charge is -2.17. The number of hydrogen-bond donors (Lipinski definition) is 1. The monoisotopic (exact) mass is 313 g/mol. The van der Waals surface area contributed by atoms with Crippen molar-refractivity contribution in [3.63, 3.8) is 0 Å². The number of ether oxygens (including phenoxy) is 2. The molecule has 0 amide bonds. The Bertz CT molecular complexity index is 593. The van der Waals surface area contributed by atoms with Crippen molar-refractivity contribution in [2.75, 3.05) is 11.9 Å². The molecule has 0 spiro atoms. The lowest BCUT2D eigenvalue weighted by atomic mass is 10.2. The molecule has 0 bridgehead atoms. The molecule has 1 N–H and O–H groups in total. The van der Waals surface area contributed by atoms with Crippen LogP contribution in [0.25, 0.3) is 0 Å². The number of anilines is 1. The summed E-state index contributed by atoms with van der Waals surface area (Å²) in [4.78, 5) is 0. The molecule has 124 valence electrons. The molecule has 3 nitrogen and oxygen atoms in total. The van der Waals surface area contributed by atoms with E-state index in [1.54, 1.807) is 0 Å². The summed E-state index contributed by atoms with van der Waals surface area (Å²) in [6.07, 6.45) is 1.31. The molecule has 1 atom stereocenters. The minimum absolute atomic E-state index is 0.0807. The summed E-state index contributed by atoms with van der Waals surface area (Å²) < 4.78 is 11.6. The van der Waals surface area contributed by atoms with E-state index in [-0.39, 0.29) is 12.2 Å². The summed E-state index contributed by atoms with van der Waals surface area (Å²) in [6.45, 7) is 9.01. The van der Waals surface area contributed by atoms with Crippen LogP contribution in [0.3, 0.4) is 0 Å². The average molecular weight is 313 g/mol. The molecular weight excluding hydrogens is 286 g/mol. The summed E-state index contributed by atoms with van der Waals surface area (Å²) in [7, 11) is 0. The van der Waals surface area contributed by atoms with E-state index in [1.807, 2.05) is 50.2 Å². The van der Waals surface area contributed by atoms with Crippen LogP contribution in [0.2, 0.25) is 0 Å². The summed E-state index contributed by atoms with van der Waals surface area (Å²) in [5, 5.41) is 3.40. The van der Waals surface area contributed by atoms with E-state index >= 15 is 0 Å². The van der Waals surface area contributed by atoms with Crippen molar-refractivity contribution >= 4 is 5.69 Å². The Balaban J connectivity index is 1.84. The number of rotatable bonds is 8. The van der Waals surface area contributed by atoms with Crippen molar-refractivity contribution in [3.05, 3.63) is 54.1 Å². The van der Waals surface area contributed by atoms with Crippen LogP contribution in [-0.4, -0.2) is 18.8 Å². The molecule has 0 aliphatic carbocycles. The molecule has 23 heavy (non-hydrogen) atoms. The topological polar surface area (TPSA) is 30.5 Å². The Hall–Kier alpha value is -2.16. The summed E-state index contributed by atoms with van der Waals surface area (Å²) in [6, 6.07) is 16.3. The van der Waals surface area contributed by atoms with Gasteiger partial charge in [-0.25, -0.2) is 0 Å². The molecule has 0 fully saturated rings. The molecular formula is C20H27NO2. The first-order chi connectivity index (χ1) is 11.1. The molecule has 0 aliphatic rings. The molecule has 0 aliphatic heterocycles. The molecule has 0 heterocycles. The smallest absolute Gasteiger partial charge is 0.121 e. The van der Waals surface area contributed by atoms with Crippen LogP contribution in [0, 0.1) is 0 Å². The molecule has 2 aromatic rings. The van der Waals surface area contributed by atoms with Gasteiger partial charge in [-0.1, -0.05) is 25.1 Å². The number of aryl methyl sites for hydroxylation is 1. The van der Waals surface area contributed by atoms with E-state index in [2.05, 4.69) is 31.3 Å². The third-order valence-corrected chi connectivity index (χ3v) is 3.47. The Morgan fingerprint density at radius 3 is 2.30 bits per heavy atom. The molecule has 0 radical (unpaired) electrons. The van der Waals surface area contributed by atoms with Gasteiger partial charge in [-0.15, -0.1) is 0 Å². The highest BCUT2D eigenvalue weighted by atomic mass is 16.5. The molecule has 0 saturated carbocycles. The van der Waals surface area contributed by atoms with E-state index in [0.29, 0.717) is 0 Å². The quantitative estimate of drug-likeness (QED) is 0.750. The fourth-order valence-electron chi connectivity index (χ4n) is 2.29. The first-order valence-corrected chi connectivity index (χ1v) is 8.33. The van der Waals surface area contributed by atoms with Gasteiger partial charge < -0.3 is 14.8 Å². The van der Waals surface area contributed by atoms with Crippen LogP contribution in [0.1, 0.15) is 33.3 Å². The Morgan fingerprint density at radius 2 is 1.65 bits per heavy atom. The fourth-order valence-corrected chi connectivity index (χ4v) is 2.29. The highest BCUT2D eigenvalue weighted by Crippen LogP contribution is 2.19. The van der Waals surface area contributed by atoms with Gasteiger partial charge in [-0.05, 0) is 57.0 Å². The maximum Gasteiger partial charge on any atom is 0.121 e. The van der Waals surface area contributed by atoms with Gasteiger partial charge in [0.1, 0.15) is 17.6 Å². The first kappa shape index (κ1) is 17.2. The lowest BCUT2D eigenvalue weighted by Crippen LogP contribution is -2.22. The van der Waals surface area contributed by atoms with Gasteiger partial charge in [0.2, 0.25) is 0 Å².